The van der Waals surface area contributed by atoms with Crippen molar-refractivity contribution in [2.45, 2.75) is 43.9 Å². The van der Waals surface area contributed by atoms with Gasteiger partial charge in [-0.1, -0.05) is 52.7 Å². The molecule has 25 heavy (non-hydrogen) atoms. The van der Waals surface area contributed by atoms with E-state index in [1.807, 2.05) is 36.4 Å². The largest absolute Gasteiger partial charge is 0.483 e. The highest BCUT2D eigenvalue weighted by Gasteiger charge is 2.52. The molecule has 1 saturated heterocycles. The van der Waals surface area contributed by atoms with Crippen LogP contribution in [0.1, 0.15) is 49.5 Å². The van der Waals surface area contributed by atoms with E-state index in [4.69, 9.17) is 4.74 Å². The predicted octanol–water partition coefficient (Wildman–Crippen LogP) is 4.86. The molecule has 2 aliphatic heterocycles. The zero-order valence-electron chi connectivity index (χ0n) is 14.5. The Hall–Kier alpha value is -1.36. The van der Waals surface area contributed by atoms with Crippen molar-refractivity contribution in [2.24, 2.45) is 0 Å². The third-order valence-electron chi connectivity index (χ3n) is 5.74. The number of benzene rings is 2. The molecule has 0 spiro atoms. The zero-order valence-corrected chi connectivity index (χ0v) is 16.1. The first-order valence-electron chi connectivity index (χ1n) is 9.05. The number of rotatable bonds is 2. The van der Waals surface area contributed by atoms with E-state index < -0.39 is 11.6 Å². The summed E-state index contributed by atoms with van der Waals surface area (Å²) >= 11 is 3.53. The molecule has 0 aromatic heterocycles. The van der Waals surface area contributed by atoms with E-state index in [2.05, 4.69) is 39.9 Å². The van der Waals surface area contributed by atoms with Gasteiger partial charge in [-0.15, -0.1) is 0 Å². The predicted molar refractivity (Wildman–Crippen MR) is 103 cm³/mol. The Morgan fingerprint density at radius 2 is 1.80 bits per heavy atom. The lowest BCUT2D eigenvalue weighted by Gasteiger charge is -2.53. The van der Waals surface area contributed by atoms with Gasteiger partial charge in [0.05, 0.1) is 5.54 Å². The molecule has 2 aliphatic rings. The number of aliphatic hydroxyl groups excluding tert-OH is 1. The zero-order chi connectivity index (χ0) is 17.4. The standard InChI is InChI=1S/C21H24BrNO2/c1-21(23-12-6-3-7-13-23)19(24)17-14-16(22)10-11-18(17)25-20(21)15-8-4-2-5-9-15/h2,4-5,8-11,14,19-20,24H,3,6-7,12-13H2,1H3/t19-,20-,21-/m0/s1. The van der Waals surface area contributed by atoms with Crippen LogP contribution in [0.3, 0.4) is 0 Å². The van der Waals surface area contributed by atoms with Gasteiger partial charge in [0.15, 0.2) is 0 Å². The normalized spacial score (nSPS) is 29.7. The van der Waals surface area contributed by atoms with Crippen LogP contribution in [0, 0.1) is 0 Å². The fourth-order valence-corrected chi connectivity index (χ4v) is 4.67. The number of aliphatic hydroxyl groups is 1. The molecule has 132 valence electrons. The molecule has 3 nitrogen and oxygen atoms in total. The molecule has 1 N–H and O–H groups in total. The Bertz CT molecular complexity index is 745. The molecule has 4 rings (SSSR count). The summed E-state index contributed by atoms with van der Waals surface area (Å²) in [6.07, 6.45) is 2.82. The molecule has 0 bridgehead atoms. The summed E-state index contributed by atoms with van der Waals surface area (Å²) in [6, 6.07) is 16.2. The van der Waals surface area contributed by atoms with E-state index in [-0.39, 0.29) is 6.10 Å². The summed E-state index contributed by atoms with van der Waals surface area (Å²) in [7, 11) is 0. The van der Waals surface area contributed by atoms with E-state index in [1.165, 1.54) is 19.3 Å². The van der Waals surface area contributed by atoms with E-state index in [0.717, 1.165) is 34.4 Å². The van der Waals surface area contributed by atoms with Gasteiger partial charge in [0, 0.05) is 10.0 Å². The van der Waals surface area contributed by atoms with Crippen molar-refractivity contribution in [3.05, 3.63) is 64.1 Å². The third kappa shape index (κ3) is 2.90. The van der Waals surface area contributed by atoms with Crippen LogP contribution in [0.5, 0.6) is 5.75 Å². The number of nitrogens with zero attached hydrogens (tertiary/aromatic N) is 1. The van der Waals surface area contributed by atoms with Gasteiger partial charge in [0.25, 0.3) is 0 Å². The van der Waals surface area contributed by atoms with Crippen molar-refractivity contribution in [1.29, 1.82) is 0 Å². The molecular weight excluding hydrogens is 378 g/mol. The van der Waals surface area contributed by atoms with E-state index in [0.29, 0.717) is 0 Å². The number of piperidine rings is 1. The van der Waals surface area contributed by atoms with E-state index >= 15 is 0 Å². The minimum Gasteiger partial charge on any atom is -0.483 e. The summed E-state index contributed by atoms with van der Waals surface area (Å²) in [5.74, 6) is 0.777. The third-order valence-corrected chi connectivity index (χ3v) is 6.23. The molecule has 2 aromatic rings. The highest BCUT2D eigenvalue weighted by molar-refractivity contribution is 9.10. The number of ether oxygens (including phenoxy) is 1. The maximum Gasteiger partial charge on any atom is 0.145 e. The molecule has 0 saturated carbocycles. The van der Waals surface area contributed by atoms with Gasteiger partial charge < -0.3 is 9.84 Å². The van der Waals surface area contributed by atoms with Crippen LogP contribution in [-0.4, -0.2) is 28.6 Å². The Labute approximate surface area is 157 Å². The molecule has 0 aliphatic carbocycles. The summed E-state index contributed by atoms with van der Waals surface area (Å²) < 4.78 is 7.46. The summed E-state index contributed by atoms with van der Waals surface area (Å²) in [4.78, 5) is 2.43. The average molecular weight is 402 g/mol. The highest BCUT2D eigenvalue weighted by Crippen LogP contribution is 2.51. The van der Waals surface area contributed by atoms with Crippen molar-refractivity contribution in [3.63, 3.8) is 0 Å². The highest BCUT2D eigenvalue weighted by atomic mass is 79.9. The van der Waals surface area contributed by atoms with Crippen LogP contribution >= 0.6 is 15.9 Å². The van der Waals surface area contributed by atoms with Crippen molar-refractivity contribution in [2.75, 3.05) is 13.1 Å². The number of hydrogen-bond acceptors (Lipinski definition) is 3. The fraction of sp³-hybridized carbons (Fsp3) is 0.429. The lowest BCUT2D eigenvalue weighted by Crippen LogP contribution is -2.59. The molecule has 0 amide bonds. The van der Waals surface area contributed by atoms with Crippen molar-refractivity contribution >= 4 is 15.9 Å². The summed E-state index contributed by atoms with van der Waals surface area (Å²) in [6.45, 7) is 4.16. The van der Waals surface area contributed by atoms with Crippen molar-refractivity contribution in [1.82, 2.24) is 4.90 Å². The van der Waals surface area contributed by atoms with Crippen LogP contribution in [0.2, 0.25) is 0 Å². The van der Waals surface area contributed by atoms with Crippen LogP contribution in [0.25, 0.3) is 0 Å². The number of hydrogen-bond donors (Lipinski definition) is 1. The SMILES string of the molecule is C[C@]1(N2CCCCC2)[C@@H](O)c2cc(Br)ccc2O[C@H]1c1ccccc1. The van der Waals surface area contributed by atoms with Gasteiger partial charge >= 0.3 is 0 Å². The molecular formula is C21H24BrNO2. The smallest absolute Gasteiger partial charge is 0.145 e. The molecule has 3 atom stereocenters. The molecule has 2 heterocycles. The molecule has 0 radical (unpaired) electrons. The van der Waals surface area contributed by atoms with E-state index in [1.54, 1.807) is 0 Å². The first kappa shape index (κ1) is 17.1. The monoisotopic (exact) mass is 401 g/mol. The second-order valence-electron chi connectivity index (χ2n) is 7.27. The van der Waals surface area contributed by atoms with Crippen molar-refractivity contribution in [3.8, 4) is 5.75 Å². The number of halogens is 1. The minimum absolute atomic E-state index is 0.199. The second kappa shape index (κ2) is 6.75. The summed E-state index contributed by atoms with van der Waals surface area (Å²) in [5.41, 5.74) is 1.49. The van der Waals surface area contributed by atoms with Gasteiger partial charge in [-0.25, -0.2) is 0 Å². The van der Waals surface area contributed by atoms with Gasteiger partial charge in [-0.2, -0.15) is 0 Å². The number of fused-ring (bicyclic) bond motifs is 1. The minimum atomic E-state index is -0.600. The van der Waals surface area contributed by atoms with Crippen LogP contribution < -0.4 is 4.74 Å². The molecule has 4 heteroatoms. The maximum absolute atomic E-state index is 11.4. The Balaban J connectivity index is 1.83. The van der Waals surface area contributed by atoms with Crippen LogP contribution in [0.4, 0.5) is 0 Å². The first-order valence-corrected chi connectivity index (χ1v) is 9.84. The lowest BCUT2D eigenvalue weighted by atomic mass is 9.76. The van der Waals surface area contributed by atoms with Gasteiger partial charge in [0.1, 0.15) is 18.0 Å². The average Bonchev–Trinajstić information content (AvgIpc) is 2.66. The van der Waals surface area contributed by atoms with Gasteiger partial charge in [-0.3, -0.25) is 4.90 Å². The van der Waals surface area contributed by atoms with Crippen molar-refractivity contribution < 1.29 is 9.84 Å². The number of likely N-dealkylation sites (tertiary alicyclic amines) is 1. The Morgan fingerprint density at radius 3 is 2.52 bits per heavy atom. The first-order chi connectivity index (χ1) is 12.1. The molecule has 2 aromatic carbocycles. The molecule has 1 fully saturated rings. The quantitative estimate of drug-likeness (QED) is 0.779. The summed E-state index contributed by atoms with van der Waals surface area (Å²) in [5, 5.41) is 11.4. The van der Waals surface area contributed by atoms with Crippen LogP contribution in [-0.2, 0) is 0 Å². The van der Waals surface area contributed by atoms with Crippen LogP contribution in [0.15, 0.2) is 53.0 Å². The topological polar surface area (TPSA) is 32.7 Å². The van der Waals surface area contributed by atoms with Gasteiger partial charge in [-0.05, 0) is 56.6 Å². The Kier molecular flexibility index (Phi) is 4.61. The van der Waals surface area contributed by atoms with E-state index in [9.17, 15) is 5.11 Å². The maximum atomic E-state index is 11.4. The second-order valence-corrected chi connectivity index (χ2v) is 8.18. The fourth-order valence-electron chi connectivity index (χ4n) is 4.29. The Morgan fingerprint density at radius 1 is 1.08 bits per heavy atom. The van der Waals surface area contributed by atoms with Gasteiger partial charge in [0.2, 0.25) is 0 Å². The lowest BCUT2D eigenvalue weighted by molar-refractivity contribution is -0.113. The molecule has 0 unspecified atom stereocenters.